The number of nitrogens with zero attached hydrogens (tertiary/aromatic N) is 1. The van der Waals surface area contributed by atoms with Gasteiger partial charge in [0.25, 0.3) is 0 Å². The van der Waals surface area contributed by atoms with Crippen molar-refractivity contribution in [2.24, 2.45) is 5.73 Å². The van der Waals surface area contributed by atoms with Gasteiger partial charge in [0.2, 0.25) is 17.8 Å². The first-order valence-electron chi connectivity index (χ1n) is 3.33. The molecule has 3 nitrogen and oxygen atoms in total. The first kappa shape index (κ1) is 9.31. The molecule has 0 atom stereocenters. The fraction of sp³-hybridized carbons (Fsp3) is 0. The second kappa shape index (κ2) is 3.30. The summed E-state index contributed by atoms with van der Waals surface area (Å²) >= 11 is 0. The topological polar surface area (TPSA) is 56.0 Å². The van der Waals surface area contributed by atoms with Crippen molar-refractivity contribution in [1.82, 2.24) is 4.98 Å². The third kappa shape index (κ3) is 1.87. The molecule has 0 radical (unpaired) electrons. The van der Waals surface area contributed by atoms with E-state index in [0.717, 1.165) is 12.1 Å². The van der Waals surface area contributed by atoms with E-state index in [9.17, 15) is 13.6 Å². The van der Waals surface area contributed by atoms with Crippen LogP contribution in [0.25, 0.3) is 5.57 Å². The maximum absolute atomic E-state index is 12.8. The number of carbonyl (C=O) groups is 1. The van der Waals surface area contributed by atoms with Crippen LogP contribution in [-0.4, -0.2) is 10.9 Å². The number of aromatic nitrogens is 1. The molecule has 13 heavy (non-hydrogen) atoms. The minimum absolute atomic E-state index is 0.186. The highest BCUT2D eigenvalue weighted by atomic mass is 19.1. The molecule has 1 amide bonds. The summed E-state index contributed by atoms with van der Waals surface area (Å²) in [5, 5.41) is 0. The van der Waals surface area contributed by atoms with Crippen LogP contribution in [0.5, 0.6) is 0 Å². The van der Waals surface area contributed by atoms with E-state index >= 15 is 0 Å². The third-order valence-corrected chi connectivity index (χ3v) is 1.44. The van der Waals surface area contributed by atoms with Crippen LogP contribution >= 0.6 is 0 Å². The van der Waals surface area contributed by atoms with Crippen molar-refractivity contribution in [3.05, 3.63) is 36.2 Å². The molecule has 0 aromatic carbocycles. The van der Waals surface area contributed by atoms with E-state index < -0.39 is 17.8 Å². The summed E-state index contributed by atoms with van der Waals surface area (Å²) in [4.78, 5) is 13.4. The molecule has 68 valence electrons. The molecule has 1 rings (SSSR count). The lowest BCUT2D eigenvalue weighted by molar-refractivity contribution is -0.112. The van der Waals surface area contributed by atoms with Gasteiger partial charge in [0.05, 0.1) is 0 Å². The molecular formula is C8H6F2N2O. The van der Waals surface area contributed by atoms with Gasteiger partial charge in [-0.25, -0.2) is 0 Å². The van der Waals surface area contributed by atoms with Gasteiger partial charge in [-0.1, -0.05) is 6.58 Å². The summed E-state index contributed by atoms with van der Waals surface area (Å²) in [6.45, 7) is 3.24. The van der Waals surface area contributed by atoms with Crippen LogP contribution in [0.1, 0.15) is 5.56 Å². The van der Waals surface area contributed by atoms with Crippen LogP contribution in [0.4, 0.5) is 8.78 Å². The zero-order chi connectivity index (χ0) is 10.0. The lowest BCUT2D eigenvalue weighted by Gasteiger charge is -2.01. The van der Waals surface area contributed by atoms with Gasteiger partial charge < -0.3 is 5.73 Å². The van der Waals surface area contributed by atoms with E-state index in [1.54, 1.807) is 0 Å². The number of nitrogens with two attached hydrogens (primary N) is 1. The maximum atomic E-state index is 12.8. The molecule has 0 aliphatic heterocycles. The molecule has 0 fully saturated rings. The Labute approximate surface area is 72.9 Å². The van der Waals surface area contributed by atoms with Crippen molar-refractivity contribution >= 4 is 11.5 Å². The van der Waals surface area contributed by atoms with Gasteiger partial charge in [-0.15, -0.1) is 0 Å². The Kier molecular flexibility index (Phi) is 2.36. The van der Waals surface area contributed by atoms with Gasteiger partial charge in [-0.2, -0.15) is 13.8 Å². The van der Waals surface area contributed by atoms with Crippen molar-refractivity contribution in [1.29, 1.82) is 0 Å². The Hall–Kier alpha value is -1.78. The number of amides is 1. The molecule has 2 N–H and O–H groups in total. The molecule has 1 aromatic heterocycles. The lowest BCUT2D eigenvalue weighted by Crippen LogP contribution is -2.13. The highest BCUT2D eigenvalue weighted by molar-refractivity contribution is 6.17. The van der Waals surface area contributed by atoms with E-state index in [-0.39, 0.29) is 11.1 Å². The average molecular weight is 184 g/mol. The highest BCUT2D eigenvalue weighted by Gasteiger charge is 2.12. The fourth-order valence-electron chi connectivity index (χ4n) is 0.770. The molecule has 5 heteroatoms. The number of hydrogen-bond donors (Lipinski definition) is 1. The molecule has 0 aliphatic rings. The van der Waals surface area contributed by atoms with Crippen molar-refractivity contribution in [3.8, 4) is 0 Å². The van der Waals surface area contributed by atoms with Crippen molar-refractivity contribution in [3.63, 3.8) is 0 Å². The van der Waals surface area contributed by atoms with Crippen LogP contribution in [0.3, 0.4) is 0 Å². The lowest BCUT2D eigenvalue weighted by atomic mass is 10.1. The summed E-state index contributed by atoms with van der Waals surface area (Å²) < 4.78 is 25.2. The van der Waals surface area contributed by atoms with Crippen LogP contribution in [0, 0.1) is 11.9 Å². The van der Waals surface area contributed by atoms with E-state index in [1.165, 1.54) is 0 Å². The number of hydrogen-bond acceptors (Lipinski definition) is 2. The van der Waals surface area contributed by atoms with Crippen molar-refractivity contribution < 1.29 is 13.6 Å². The molecule has 0 aliphatic carbocycles. The third-order valence-electron chi connectivity index (χ3n) is 1.44. The molecular weight excluding hydrogens is 178 g/mol. The van der Waals surface area contributed by atoms with Crippen LogP contribution < -0.4 is 5.73 Å². The Morgan fingerprint density at radius 2 is 2.08 bits per heavy atom. The Morgan fingerprint density at radius 1 is 1.46 bits per heavy atom. The number of rotatable bonds is 2. The number of carbonyl (C=O) groups excluding carboxylic acids is 1. The van der Waals surface area contributed by atoms with Gasteiger partial charge in [0, 0.05) is 11.1 Å². The van der Waals surface area contributed by atoms with E-state index in [1.807, 2.05) is 0 Å². The Balaban J connectivity index is 3.16. The van der Waals surface area contributed by atoms with Crippen molar-refractivity contribution in [2.75, 3.05) is 0 Å². The first-order valence-corrected chi connectivity index (χ1v) is 3.33. The second-order valence-electron chi connectivity index (χ2n) is 2.32. The SMILES string of the molecule is C=C(C(N)=O)c1ccc(F)nc1F. The van der Waals surface area contributed by atoms with Gasteiger partial charge in [0.15, 0.2) is 0 Å². The molecule has 1 heterocycles. The summed E-state index contributed by atoms with van der Waals surface area (Å²) in [5.74, 6) is -2.92. The number of pyridine rings is 1. The fourth-order valence-corrected chi connectivity index (χ4v) is 0.770. The minimum atomic E-state index is -1.09. The predicted molar refractivity (Wildman–Crippen MR) is 42.4 cm³/mol. The Bertz CT molecular complexity index is 376. The zero-order valence-corrected chi connectivity index (χ0v) is 6.55. The molecule has 0 unspecified atom stereocenters. The summed E-state index contributed by atoms with van der Waals surface area (Å²) in [7, 11) is 0. The second-order valence-corrected chi connectivity index (χ2v) is 2.32. The van der Waals surface area contributed by atoms with E-state index in [4.69, 9.17) is 5.73 Å². The van der Waals surface area contributed by atoms with Gasteiger partial charge in [0.1, 0.15) is 0 Å². The van der Waals surface area contributed by atoms with E-state index in [0.29, 0.717) is 0 Å². The maximum Gasteiger partial charge on any atom is 0.248 e. The zero-order valence-electron chi connectivity index (χ0n) is 6.55. The largest absolute Gasteiger partial charge is 0.366 e. The standard InChI is InChI=1S/C8H6F2N2O/c1-4(8(11)13)5-2-3-6(9)12-7(5)10/h2-3H,1H2,(H2,11,13). The smallest absolute Gasteiger partial charge is 0.248 e. The Morgan fingerprint density at radius 3 is 2.54 bits per heavy atom. The highest BCUT2D eigenvalue weighted by Crippen LogP contribution is 2.14. The van der Waals surface area contributed by atoms with Gasteiger partial charge >= 0.3 is 0 Å². The molecule has 0 bridgehead atoms. The normalized spacial score (nSPS) is 9.69. The molecule has 0 saturated heterocycles. The molecule has 1 aromatic rings. The molecule has 0 spiro atoms. The van der Waals surface area contributed by atoms with Crippen LogP contribution in [0.15, 0.2) is 18.7 Å². The minimum Gasteiger partial charge on any atom is -0.366 e. The average Bonchev–Trinajstić information content (AvgIpc) is 2.03. The summed E-state index contributed by atoms with van der Waals surface area (Å²) in [6.07, 6.45) is 0. The molecule has 0 saturated carbocycles. The quantitative estimate of drug-likeness (QED) is 0.547. The number of primary amides is 1. The monoisotopic (exact) mass is 184 g/mol. The summed E-state index contributed by atoms with van der Waals surface area (Å²) in [5.41, 5.74) is 4.43. The predicted octanol–water partition coefficient (Wildman–Crippen LogP) is 0.858. The first-order chi connectivity index (χ1) is 6.02. The van der Waals surface area contributed by atoms with E-state index in [2.05, 4.69) is 11.6 Å². The summed E-state index contributed by atoms with van der Waals surface area (Å²) in [6, 6.07) is 1.98. The van der Waals surface area contributed by atoms with Crippen molar-refractivity contribution in [2.45, 2.75) is 0 Å². The van der Waals surface area contributed by atoms with Gasteiger partial charge in [-0.05, 0) is 12.1 Å². The van der Waals surface area contributed by atoms with Crippen LogP contribution in [0.2, 0.25) is 0 Å². The van der Waals surface area contributed by atoms with Gasteiger partial charge in [-0.3, -0.25) is 4.79 Å². The number of halogens is 2. The van der Waals surface area contributed by atoms with Crippen LogP contribution in [-0.2, 0) is 4.79 Å².